The highest BCUT2D eigenvalue weighted by Crippen LogP contribution is 2.17. The van der Waals surface area contributed by atoms with E-state index in [0.717, 1.165) is 16.7 Å². The molecular formula is C21H23N5O3. The van der Waals surface area contributed by atoms with E-state index in [4.69, 9.17) is 0 Å². The van der Waals surface area contributed by atoms with Crippen LogP contribution in [0.25, 0.3) is 16.9 Å². The molecule has 150 valence electrons. The van der Waals surface area contributed by atoms with E-state index in [-0.39, 0.29) is 5.78 Å². The van der Waals surface area contributed by atoms with Crippen LogP contribution in [-0.2, 0) is 24.8 Å². The van der Waals surface area contributed by atoms with Gasteiger partial charge in [0.15, 0.2) is 16.9 Å². The molecule has 3 aromatic heterocycles. The normalized spacial score (nSPS) is 12.7. The Hall–Kier alpha value is -3.42. The van der Waals surface area contributed by atoms with Crippen LogP contribution < -0.4 is 11.2 Å². The number of hydrogen-bond acceptors (Lipinski definition) is 4. The van der Waals surface area contributed by atoms with Crippen molar-refractivity contribution in [1.82, 2.24) is 23.1 Å². The number of rotatable bonds is 5. The van der Waals surface area contributed by atoms with E-state index in [1.165, 1.54) is 17.1 Å². The van der Waals surface area contributed by atoms with Gasteiger partial charge in [-0.2, -0.15) is 4.98 Å². The first-order chi connectivity index (χ1) is 13.8. The van der Waals surface area contributed by atoms with Crippen molar-refractivity contribution in [2.75, 3.05) is 0 Å². The molecule has 8 nitrogen and oxygen atoms in total. The number of aromatic nitrogens is 5. The van der Waals surface area contributed by atoms with E-state index in [0.29, 0.717) is 23.5 Å². The summed E-state index contributed by atoms with van der Waals surface area (Å²) in [6.07, 6.45) is 2.67. The SMILES string of the molecule is CC(=O)[C@H](C)n1c(=O)c2c(nc3n(CCc4ccccc4)c(C)cn23)n(C)c1=O. The molecule has 0 aliphatic heterocycles. The van der Waals surface area contributed by atoms with Gasteiger partial charge in [-0.3, -0.25) is 18.6 Å². The van der Waals surface area contributed by atoms with Gasteiger partial charge in [-0.1, -0.05) is 30.3 Å². The maximum atomic E-state index is 13.1. The third-order valence-electron chi connectivity index (χ3n) is 5.53. The Labute approximate surface area is 166 Å². The third kappa shape index (κ3) is 2.91. The first-order valence-corrected chi connectivity index (χ1v) is 9.55. The first-order valence-electron chi connectivity index (χ1n) is 9.55. The Kier molecular flexibility index (Phi) is 4.49. The summed E-state index contributed by atoms with van der Waals surface area (Å²) in [5.41, 5.74) is 1.74. The van der Waals surface area contributed by atoms with Gasteiger partial charge in [0.1, 0.15) is 0 Å². The zero-order valence-corrected chi connectivity index (χ0v) is 16.9. The molecule has 0 radical (unpaired) electrons. The van der Waals surface area contributed by atoms with E-state index in [9.17, 15) is 14.4 Å². The lowest BCUT2D eigenvalue weighted by atomic mass is 10.1. The predicted molar refractivity (Wildman–Crippen MR) is 110 cm³/mol. The molecule has 0 saturated carbocycles. The molecule has 0 unspecified atom stereocenters. The second-order valence-corrected chi connectivity index (χ2v) is 7.42. The molecule has 0 N–H and O–H groups in total. The molecule has 0 aliphatic rings. The zero-order valence-electron chi connectivity index (χ0n) is 16.9. The Morgan fingerprint density at radius 3 is 2.52 bits per heavy atom. The lowest BCUT2D eigenvalue weighted by molar-refractivity contribution is -0.119. The summed E-state index contributed by atoms with van der Waals surface area (Å²) >= 11 is 0. The smallest absolute Gasteiger partial charge is 0.314 e. The summed E-state index contributed by atoms with van der Waals surface area (Å²) in [5, 5.41) is 0. The van der Waals surface area contributed by atoms with Gasteiger partial charge in [0.05, 0.1) is 6.04 Å². The highest BCUT2D eigenvalue weighted by atomic mass is 16.2. The van der Waals surface area contributed by atoms with Crippen molar-refractivity contribution in [3.05, 3.63) is 68.6 Å². The van der Waals surface area contributed by atoms with Crippen molar-refractivity contribution in [3.8, 4) is 0 Å². The second kappa shape index (κ2) is 6.88. The molecule has 8 heteroatoms. The van der Waals surface area contributed by atoms with E-state index in [1.54, 1.807) is 18.4 Å². The van der Waals surface area contributed by atoms with Gasteiger partial charge in [-0.15, -0.1) is 0 Å². The van der Waals surface area contributed by atoms with Crippen LogP contribution in [0.1, 0.15) is 31.1 Å². The van der Waals surface area contributed by atoms with E-state index >= 15 is 0 Å². The summed E-state index contributed by atoms with van der Waals surface area (Å²) in [7, 11) is 1.57. The van der Waals surface area contributed by atoms with Crippen LogP contribution in [0.4, 0.5) is 0 Å². The van der Waals surface area contributed by atoms with Gasteiger partial charge in [0, 0.05) is 25.5 Å². The quantitative estimate of drug-likeness (QED) is 0.518. The minimum Gasteiger partial charge on any atom is -0.314 e. The number of nitrogens with zero attached hydrogens (tertiary/aromatic N) is 5. The lowest BCUT2D eigenvalue weighted by Gasteiger charge is -2.12. The molecule has 29 heavy (non-hydrogen) atoms. The molecule has 3 heterocycles. The number of fused-ring (bicyclic) bond motifs is 3. The van der Waals surface area contributed by atoms with Crippen LogP contribution >= 0.6 is 0 Å². The number of ketones is 1. The van der Waals surface area contributed by atoms with Crippen LogP contribution in [0.15, 0.2) is 46.1 Å². The summed E-state index contributed by atoms with van der Waals surface area (Å²) in [6.45, 7) is 5.59. The number of Topliss-reactive ketones (excluding diaryl/α,β-unsaturated/α-hetero) is 1. The van der Waals surface area contributed by atoms with E-state index in [1.807, 2.05) is 35.9 Å². The Morgan fingerprint density at radius 1 is 1.17 bits per heavy atom. The van der Waals surface area contributed by atoms with Gasteiger partial charge < -0.3 is 4.57 Å². The van der Waals surface area contributed by atoms with Gasteiger partial charge in [0.2, 0.25) is 5.78 Å². The van der Waals surface area contributed by atoms with Crippen molar-refractivity contribution in [2.24, 2.45) is 7.05 Å². The number of carbonyl (C=O) groups excluding carboxylic acids is 1. The number of benzene rings is 1. The predicted octanol–water partition coefficient (Wildman–Crippen LogP) is 1.85. The molecule has 0 aliphatic carbocycles. The van der Waals surface area contributed by atoms with Gasteiger partial charge in [-0.25, -0.2) is 9.36 Å². The van der Waals surface area contributed by atoms with E-state index < -0.39 is 17.3 Å². The van der Waals surface area contributed by atoms with Crippen LogP contribution in [0.2, 0.25) is 0 Å². The maximum absolute atomic E-state index is 13.1. The Bertz CT molecular complexity index is 1350. The number of hydrogen-bond donors (Lipinski definition) is 0. The van der Waals surface area contributed by atoms with Crippen molar-refractivity contribution in [3.63, 3.8) is 0 Å². The highest BCUT2D eigenvalue weighted by molar-refractivity contribution is 5.80. The fourth-order valence-corrected chi connectivity index (χ4v) is 3.71. The van der Waals surface area contributed by atoms with Crippen molar-refractivity contribution in [2.45, 2.75) is 39.8 Å². The van der Waals surface area contributed by atoms with Crippen LogP contribution in [0.5, 0.6) is 0 Å². The largest absolute Gasteiger partial charge is 0.333 e. The summed E-state index contributed by atoms with van der Waals surface area (Å²) in [5.74, 6) is 0.356. The monoisotopic (exact) mass is 393 g/mol. The van der Waals surface area contributed by atoms with Gasteiger partial charge in [0.25, 0.3) is 5.56 Å². The number of aryl methyl sites for hydroxylation is 4. The topological polar surface area (TPSA) is 83.3 Å². The average molecular weight is 393 g/mol. The fourth-order valence-electron chi connectivity index (χ4n) is 3.71. The van der Waals surface area contributed by atoms with Gasteiger partial charge >= 0.3 is 5.69 Å². The van der Waals surface area contributed by atoms with Crippen molar-refractivity contribution in [1.29, 1.82) is 0 Å². The maximum Gasteiger partial charge on any atom is 0.333 e. The number of imidazole rings is 2. The molecule has 0 saturated heterocycles. The fraction of sp³-hybridized carbons (Fsp3) is 0.333. The van der Waals surface area contributed by atoms with Crippen LogP contribution in [0.3, 0.4) is 0 Å². The molecule has 0 bridgehead atoms. The van der Waals surface area contributed by atoms with Gasteiger partial charge in [-0.05, 0) is 32.8 Å². The lowest BCUT2D eigenvalue weighted by Crippen LogP contribution is -2.42. The summed E-state index contributed by atoms with van der Waals surface area (Å²) in [6, 6.07) is 9.31. The van der Waals surface area contributed by atoms with E-state index in [2.05, 4.69) is 17.1 Å². The summed E-state index contributed by atoms with van der Waals surface area (Å²) in [4.78, 5) is 42.3. The minimum absolute atomic E-state index is 0.249. The standard InChI is InChI=1S/C21H23N5O3/c1-13-12-25-17-18(23(4)21(29)26(19(17)28)14(2)15(3)27)22-20(25)24(13)11-10-16-8-6-5-7-9-16/h5-9,12,14H,10-11H2,1-4H3/t14-/m0/s1. The molecule has 1 atom stereocenters. The number of carbonyl (C=O) groups is 1. The van der Waals surface area contributed by atoms with Crippen molar-refractivity contribution < 1.29 is 4.79 Å². The Morgan fingerprint density at radius 2 is 1.86 bits per heavy atom. The molecule has 0 fully saturated rings. The average Bonchev–Trinajstić information content (AvgIpc) is 3.20. The minimum atomic E-state index is -0.836. The van der Waals surface area contributed by atoms with Crippen LogP contribution in [0, 0.1) is 6.92 Å². The molecular weight excluding hydrogens is 370 g/mol. The zero-order chi connectivity index (χ0) is 20.9. The molecule has 0 amide bonds. The molecule has 1 aromatic carbocycles. The van der Waals surface area contributed by atoms with Crippen molar-refractivity contribution >= 4 is 22.7 Å². The van der Waals surface area contributed by atoms with Crippen LogP contribution in [-0.4, -0.2) is 28.9 Å². The molecule has 4 rings (SSSR count). The second-order valence-electron chi connectivity index (χ2n) is 7.42. The highest BCUT2D eigenvalue weighted by Gasteiger charge is 2.23. The third-order valence-corrected chi connectivity index (χ3v) is 5.53. The summed E-state index contributed by atoms with van der Waals surface area (Å²) < 4.78 is 6.10. The molecule has 0 spiro atoms. The Balaban J connectivity index is 1.92. The molecule has 4 aromatic rings. The first kappa shape index (κ1) is 18.9.